The first kappa shape index (κ1) is 17.0. The second-order valence-electron chi connectivity index (χ2n) is 6.21. The summed E-state index contributed by atoms with van der Waals surface area (Å²) in [5.41, 5.74) is 0.197. The van der Waals surface area contributed by atoms with E-state index in [1.807, 2.05) is 0 Å². The van der Waals surface area contributed by atoms with Gasteiger partial charge in [-0.25, -0.2) is 0 Å². The van der Waals surface area contributed by atoms with Gasteiger partial charge in [-0.05, 0) is 17.8 Å². The number of aliphatic carboxylic acids is 1. The van der Waals surface area contributed by atoms with Gasteiger partial charge >= 0.3 is 5.97 Å². The molecule has 0 bridgehead atoms. The molecule has 1 unspecified atom stereocenters. The zero-order valence-corrected chi connectivity index (χ0v) is 13.8. The van der Waals surface area contributed by atoms with E-state index >= 15 is 0 Å². The van der Waals surface area contributed by atoms with Crippen molar-refractivity contribution in [2.75, 3.05) is 5.75 Å². The van der Waals surface area contributed by atoms with Gasteiger partial charge < -0.3 is 9.67 Å². The van der Waals surface area contributed by atoms with E-state index in [0.29, 0.717) is 11.1 Å². The largest absolute Gasteiger partial charge is 0.481 e. The van der Waals surface area contributed by atoms with Crippen molar-refractivity contribution in [2.24, 2.45) is 11.3 Å². The van der Waals surface area contributed by atoms with Gasteiger partial charge in [-0.15, -0.1) is 10.2 Å². The summed E-state index contributed by atoms with van der Waals surface area (Å²) >= 11 is 1.24. The molecule has 5 nitrogen and oxygen atoms in total. The number of thioether (sulfide) groups is 1. The van der Waals surface area contributed by atoms with Crippen molar-refractivity contribution in [1.29, 1.82) is 0 Å². The number of aryl methyl sites for hydroxylation is 1. The van der Waals surface area contributed by atoms with E-state index in [2.05, 4.69) is 49.4 Å². The van der Waals surface area contributed by atoms with E-state index in [-0.39, 0.29) is 11.2 Å². The van der Waals surface area contributed by atoms with Gasteiger partial charge in [0.15, 0.2) is 5.16 Å². The van der Waals surface area contributed by atoms with Crippen molar-refractivity contribution in [1.82, 2.24) is 14.8 Å². The Morgan fingerprint density at radius 1 is 1.40 bits per heavy atom. The maximum Gasteiger partial charge on any atom is 0.313 e. The Balaban J connectivity index is 2.93. The van der Waals surface area contributed by atoms with Crippen LogP contribution in [0.3, 0.4) is 0 Å². The van der Waals surface area contributed by atoms with Crippen LogP contribution in [0, 0.1) is 11.3 Å². The molecular formula is C14H25N3O2S. The van der Waals surface area contributed by atoms with Gasteiger partial charge in [0.05, 0.1) is 5.75 Å². The first-order valence-corrected chi connectivity index (χ1v) is 8.01. The van der Waals surface area contributed by atoms with Gasteiger partial charge in [0.2, 0.25) is 0 Å². The number of rotatable bonds is 7. The molecule has 0 saturated carbocycles. The van der Waals surface area contributed by atoms with Crippen LogP contribution in [0.5, 0.6) is 0 Å². The maximum atomic E-state index is 10.7. The average molecular weight is 299 g/mol. The molecule has 1 aromatic heterocycles. The highest BCUT2D eigenvalue weighted by Gasteiger charge is 2.23. The summed E-state index contributed by atoms with van der Waals surface area (Å²) in [6.07, 6.45) is 1.88. The van der Waals surface area contributed by atoms with E-state index in [1.54, 1.807) is 0 Å². The first-order valence-electron chi connectivity index (χ1n) is 7.02. The van der Waals surface area contributed by atoms with Crippen LogP contribution >= 0.6 is 11.8 Å². The highest BCUT2D eigenvalue weighted by Crippen LogP contribution is 2.29. The molecule has 0 aliphatic heterocycles. The van der Waals surface area contributed by atoms with Crippen molar-refractivity contribution in [3.8, 4) is 0 Å². The summed E-state index contributed by atoms with van der Waals surface area (Å²) in [7, 11) is 0. The minimum absolute atomic E-state index is 0.0220. The lowest BCUT2D eigenvalue weighted by atomic mass is 9.82. The third kappa shape index (κ3) is 4.81. The monoisotopic (exact) mass is 299 g/mol. The fourth-order valence-electron chi connectivity index (χ4n) is 1.69. The number of hydrogen-bond acceptors (Lipinski definition) is 4. The molecule has 0 aliphatic rings. The van der Waals surface area contributed by atoms with Crippen molar-refractivity contribution in [3.63, 3.8) is 0 Å². The minimum atomic E-state index is -0.828. The molecule has 1 atom stereocenters. The van der Waals surface area contributed by atoms with Gasteiger partial charge in [-0.2, -0.15) is 0 Å². The van der Waals surface area contributed by atoms with Crippen LogP contribution in [-0.2, 0) is 17.8 Å². The molecule has 0 spiro atoms. The Hall–Kier alpha value is -1.04. The lowest BCUT2D eigenvalue weighted by molar-refractivity contribution is -0.133. The molecule has 0 radical (unpaired) electrons. The fraction of sp³-hybridized carbons (Fsp3) is 0.786. The molecule has 1 heterocycles. The van der Waals surface area contributed by atoms with Crippen molar-refractivity contribution in [2.45, 2.75) is 59.2 Å². The summed E-state index contributed by atoms with van der Waals surface area (Å²) < 4.78 is 2.09. The van der Waals surface area contributed by atoms with E-state index < -0.39 is 5.97 Å². The Bertz CT molecular complexity index is 452. The van der Waals surface area contributed by atoms with Gasteiger partial charge in [-0.3, -0.25) is 4.79 Å². The van der Waals surface area contributed by atoms with Crippen LogP contribution in [0.15, 0.2) is 5.16 Å². The minimum Gasteiger partial charge on any atom is -0.481 e. The molecule has 0 saturated heterocycles. The quantitative estimate of drug-likeness (QED) is 0.784. The Morgan fingerprint density at radius 2 is 2.05 bits per heavy atom. The van der Waals surface area contributed by atoms with Crippen molar-refractivity contribution < 1.29 is 9.90 Å². The van der Waals surface area contributed by atoms with Gasteiger partial charge in [0.1, 0.15) is 5.82 Å². The first-order chi connectivity index (χ1) is 9.25. The maximum absolute atomic E-state index is 10.7. The summed E-state index contributed by atoms with van der Waals surface area (Å²) in [6, 6.07) is 0. The third-order valence-electron chi connectivity index (χ3n) is 3.53. The molecule has 1 N–H and O–H groups in total. The Labute approximate surface area is 125 Å². The number of carbonyl (C=O) groups is 1. The smallest absolute Gasteiger partial charge is 0.313 e. The van der Waals surface area contributed by atoms with E-state index in [0.717, 1.165) is 25.2 Å². The molecular weight excluding hydrogens is 274 g/mol. The van der Waals surface area contributed by atoms with Gasteiger partial charge in [0, 0.05) is 13.0 Å². The lowest BCUT2D eigenvalue weighted by Crippen LogP contribution is -2.24. The van der Waals surface area contributed by atoms with Crippen LogP contribution in [0.1, 0.15) is 46.9 Å². The molecule has 20 heavy (non-hydrogen) atoms. The molecule has 0 aliphatic carbocycles. The third-order valence-corrected chi connectivity index (χ3v) is 4.48. The Morgan fingerprint density at radius 3 is 2.55 bits per heavy atom. The van der Waals surface area contributed by atoms with E-state index in [1.165, 1.54) is 11.8 Å². The lowest BCUT2D eigenvalue weighted by Gasteiger charge is -2.28. The van der Waals surface area contributed by atoms with E-state index in [4.69, 9.17) is 5.11 Å². The predicted octanol–water partition coefficient (Wildman–Crippen LogP) is 3.09. The molecule has 0 fully saturated rings. The SMILES string of the molecule is CCCc1nnc(SCC(=O)O)n1CC(C)C(C)(C)C. The van der Waals surface area contributed by atoms with Gasteiger partial charge in [-0.1, -0.05) is 46.4 Å². The predicted molar refractivity (Wildman–Crippen MR) is 81.0 cm³/mol. The van der Waals surface area contributed by atoms with Crippen LogP contribution in [0.2, 0.25) is 0 Å². The van der Waals surface area contributed by atoms with Crippen LogP contribution in [-0.4, -0.2) is 31.6 Å². The highest BCUT2D eigenvalue weighted by molar-refractivity contribution is 7.99. The van der Waals surface area contributed by atoms with Gasteiger partial charge in [0.25, 0.3) is 0 Å². The number of hydrogen-bond donors (Lipinski definition) is 1. The molecule has 0 aromatic carbocycles. The molecule has 1 aromatic rings. The van der Waals surface area contributed by atoms with Crippen molar-refractivity contribution >= 4 is 17.7 Å². The van der Waals surface area contributed by atoms with Crippen LogP contribution in [0.4, 0.5) is 0 Å². The second-order valence-corrected chi connectivity index (χ2v) is 7.15. The number of aromatic nitrogens is 3. The summed E-state index contributed by atoms with van der Waals surface area (Å²) in [5.74, 6) is 0.606. The van der Waals surface area contributed by atoms with E-state index in [9.17, 15) is 4.79 Å². The second kappa shape index (κ2) is 7.11. The summed E-state index contributed by atoms with van der Waals surface area (Å²) in [5, 5.41) is 17.9. The van der Waals surface area contributed by atoms with Crippen LogP contribution < -0.4 is 0 Å². The number of carboxylic acid groups (broad SMARTS) is 1. The molecule has 1 rings (SSSR count). The zero-order chi connectivity index (χ0) is 15.3. The summed E-state index contributed by atoms with van der Waals surface area (Å²) in [4.78, 5) is 10.7. The highest BCUT2D eigenvalue weighted by atomic mass is 32.2. The zero-order valence-electron chi connectivity index (χ0n) is 13.0. The fourth-order valence-corrected chi connectivity index (χ4v) is 2.38. The number of nitrogens with zero attached hydrogens (tertiary/aromatic N) is 3. The molecule has 0 amide bonds. The van der Waals surface area contributed by atoms with Crippen LogP contribution in [0.25, 0.3) is 0 Å². The topological polar surface area (TPSA) is 68.0 Å². The number of carboxylic acids is 1. The summed E-state index contributed by atoms with van der Waals surface area (Å²) in [6.45, 7) is 11.8. The standard InChI is InChI=1S/C14H25N3O2S/c1-6-7-11-15-16-13(20-9-12(18)19)17(11)8-10(2)14(3,4)5/h10H,6-9H2,1-5H3,(H,18,19). The normalized spacial score (nSPS) is 13.4. The molecule has 6 heteroatoms. The molecule has 114 valence electrons. The van der Waals surface area contributed by atoms with Crippen molar-refractivity contribution in [3.05, 3.63) is 5.82 Å². The average Bonchev–Trinajstić information content (AvgIpc) is 2.69. The Kier molecular flexibility index (Phi) is 6.05.